The molecule has 74 valence electrons. The fraction of sp³-hybridized carbons (Fsp3) is 1.00. The summed E-state index contributed by atoms with van der Waals surface area (Å²) in [6, 6.07) is 0. The van der Waals surface area contributed by atoms with Crippen LogP contribution >= 0.6 is 0 Å². The van der Waals surface area contributed by atoms with Crippen molar-refractivity contribution in [3.63, 3.8) is 0 Å². The van der Waals surface area contributed by atoms with Crippen molar-refractivity contribution < 1.29 is 4.74 Å². The maximum absolute atomic E-state index is 5.61. The molecule has 1 atom stereocenters. The van der Waals surface area contributed by atoms with Gasteiger partial charge in [0, 0.05) is 6.54 Å². The molecule has 0 aliphatic carbocycles. The van der Waals surface area contributed by atoms with E-state index in [0.29, 0.717) is 6.10 Å². The molecule has 12 heavy (non-hydrogen) atoms. The molecule has 0 aliphatic rings. The summed E-state index contributed by atoms with van der Waals surface area (Å²) in [7, 11) is 2.12. The molecular formula is C10H23NO. The molecular weight excluding hydrogens is 150 g/mol. The van der Waals surface area contributed by atoms with Gasteiger partial charge in [0.2, 0.25) is 0 Å². The van der Waals surface area contributed by atoms with E-state index in [1.165, 1.54) is 12.8 Å². The third kappa shape index (κ3) is 6.62. The number of hydrogen-bond donors (Lipinski definition) is 0. The Balaban J connectivity index is 3.18. The number of likely N-dealkylation sites (N-methyl/N-ethyl adjacent to an activating group) is 1. The fourth-order valence-corrected chi connectivity index (χ4v) is 1.06. The van der Waals surface area contributed by atoms with E-state index in [2.05, 4.69) is 32.7 Å². The van der Waals surface area contributed by atoms with Gasteiger partial charge in [-0.3, -0.25) is 0 Å². The first kappa shape index (κ1) is 11.9. The highest BCUT2D eigenvalue weighted by atomic mass is 16.5. The van der Waals surface area contributed by atoms with E-state index in [1.54, 1.807) is 0 Å². The monoisotopic (exact) mass is 173 g/mol. The molecule has 0 spiro atoms. The molecule has 2 nitrogen and oxygen atoms in total. The smallest absolute Gasteiger partial charge is 0.0596 e. The van der Waals surface area contributed by atoms with Crippen molar-refractivity contribution in [3.8, 4) is 0 Å². The second-order valence-electron chi connectivity index (χ2n) is 3.37. The molecule has 0 saturated carbocycles. The van der Waals surface area contributed by atoms with Crippen molar-refractivity contribution >= 4 is 0 Å². The summed E-state index contributed by atoms with van der Waals surface area (Å²) in [5.41, 5.74) is 0. The highest BCUT2D eigenvalue weighted by molar-refractivity contribution is 4.50. The van der Waals surface area contributed by atoms with E-state index in [9.17, 15) is 0 Å². The molecule has 1 unspecified atom stereocenters. The first-order valence-corrected chi connectivity index (χ1v) is 5.00. The topological polar surface area (TPSA) is 12.5 Å². The van der Waals surface area contributed by atoms with Crippen molar-refractivity contribution in [2.24, 2.45) is 0 Å². The molecule has 0 aromatic heterocycles. The molecule has 2 heteroatoms. The average molecular weight is 173 g/mol. The maximum Gasteiger partial charge on any atom is 0.0596 e. The van der Waals surface area contributed by atoms with Gasteiger partial charge in [-0.15, -0.1) is 0 Å². The second-order valence-corrected chi connectivity index (χ2v) is 3.37. The number of hydrogen-bond acceptors (Lipinski definition) is 2. The summed E-state index contributed by atoms with van der Waals surface area (Å²) < 4.78 is 5.61. The first-order chi connectivity index (χ1) is 5.70. The van der Waals surface area contributed by atoms with E-state index >= 15 is 0 Å². The van der Waals surface area contributed by atoms with Gasteiger partial charge in [-0.1, -0.05) is 20.3 Å². The molecule has 0 heterocycles. The quantitative estimate of drug-likeness (QED) is 0.585. The summed E-state index contributed by atoms with van der Waals surface area (Å²) in [5.74, 6) is 0. The summed E-state index contributed by atoms with van der Waals surface area (Å²) in [6.07, 6.45) is 2.82. The lowest BCUT2D eigenvalue weighted by Crippen LogP contribution is -2.24. The third-order valence-corrected chi connectivity index (χ3v) is 2.11. The fourth-order valence-electron chi connectivity index (χ4n) is 1.06. The third-order valence-electron chi connectivity index (χ3n) is 2.11. The highest BCUT2D eigenvalue weighted by Crippen LogP contribution is 2.00. The molecule has 0 rings (SSSR count). The lowest BCUT2D eigenvalue weighted by Gasteiger charge is -2.16. The van der Waals surface area contributed by atoms with Crippen LogP contribution in [-0.2, 0) is 4.74 Å². The summed E-state index contributed by atoms with van der Waals surface area (Å²) in [4.78, 5) is 2.26. The van der Waals surface area contributed by atoms with Gasteiger partial charge < -0.3 is 9.64 Å². The first-order valence-electron chi connectivity index (χ1n) is 5.00. The molecule has 0 aromatic carbocycles. The van der Waals surface area contributed by atoms with E-state index < -0.39 is 0 Å². The van der Waals surface area contributed by atoms with Crippen LogP contribution in [0.15, 0.2) is 0 Å². The van der Waals surface area contributed by atoms with Crippen molar-refractivity contribution in [2.75, 3.05) is 26.7 Å². The molecule has 0 amide bonds. The van der Waals surface area contributed by atoms with E-state index in [4.69, 9.17) is 4.74 Å². The van der Waals surface area contributed by atoms with Crippen LogP contribution in [0.3, 0.4) is 0 Å². The minimum absolute atomic E-state index is 0.431. The Morgan fingerprint density at radius 2 is 2.00 bits per heavy atom. The number of rotatable bonds is 7. The second kappa shape index (κ2) is 7.56. The van der Waals surface area contributed by atoms with Gasteiger partial charge >= 0.3 is 0 Å². The van der Waals surface area contributed by atoms with Gasteiger partial charge in [0.25, 0.3) is 0 Å². The molecule has 0 aliphatic heterocycles. The lowest BCUT2D eigenvalue weighted by molar-refractivity contribution is 0.0479. The maximum atomic E-state index is 5.61. The minimum Gasteiger partial charge on any atom is -0.377 e. The van der Waals surface area contributed by atoms with Crippen molar-refractivity contribution in [2.45, 2.75) is 39.7 Å². The molecule has 0 N–H and O–H groups in total. The largest absolute Gasteiger partial charge is 0.377 e. The Morgan fingerprint density at radius 3 is 2.50 bits per heavy atom. The average Bonchev–Trinajstić information content (AvgIpc) is 2.04. The number of ether oxygens (including phenoxy) is 1. The predicted octanol–water partition coefficient (Wildman–Crippen LogP) is 2.14. The SMILES string of the molecule is CCCC(C)OCCN(C)CC. The predicted molar refractivity (Wildman–Crippen MR) is 53.5 cm³/mol. The van der Waals surface area contributed by atoms with Gasteiger partial charge in [0.1, 0.15) is 0 Å². The molecule has 0 radical (unpaired) electrons. The van der Waals surface area contributed by atoms with Crippen LogP contribution < -0.4 is 0 Å². The van der Waals surface area contributed by atoms with Gasteiger partial charge in [-0.2, -0.15) is 0 Å². The Bertz CT molecular complexity index is 95.8. The van der Waals surface area contributed by atoms with Crippen molar-refractivity contribution in [1.29, 1.82) is 0 Å². The van der Waals surface area contributed by atoms with Crippen molar-refractivity contribution in [1.82, 2.24) is 4.90 Å². The Labute approximate surface area is 76.9 Å². The van der Waals surface area contributed by atoms with Crippen LogP contribution in [0.4, 0.5) is 0 Å². The molecule has 0 saturated heterocycles. The van der Waals surface area contributed by atoms with Crippen LogP contribution in [-0.4, -0.2) is 37.7 Å². The van der Waals surface area contributed by atoms with E-state index in [0.717, 1.165) is 19.7 Å². The lowest BCUT2D eigenvalue weighted by atomic mass is 10.2. The standard InChI is InChI=1S/C10H23NO/c1-5-7-10(3)12-9-8-11(4)6-2/h10H,5-9H2,1-4H3. The summed E-state index contributed by atoms with van der Waals surface area (Å²) in [6.45, 7) is 9.52. The summed E-state index contributed by atoms with van der Waals surface area (Å²) >= 11 is 0. The zero-order chi connectivity index (χ0) is 9.40. The summed E-state index contributed by atoms with van der Waals surface area (Å²) in [5, 5.41) is 0. The van der Waals surface area contributed by atoms with Gasteiger partial charge in [-0.05, 0) is 26.9 Å². The highest BCUT2D eigenvalue weighted by Gasteiger charge is 2.00. The van der Waals surface area contributed by atoms with Gasteiger partial charge in [0.05, 0.1) is 12.7 Å². The zero-order valence-electron chi connectivity index (χ0n) is 8.97. The van der Waals surface area contributed by atoms with Crippen LogP contribution in [0.2, 0.25) is 0 Å². The van der Waals surface area contributed by atoms with Crippen LogP contribution in [0, 0.1) is 0 Å². The van der Waals surface area contributed by atoms with Crippen molar-refractivity contribution in [3.05, 3.63) is 0 Å². The Morgan fingerprint density at radius 1 is 1.33 bits per heavy atom. The Kier molecular flexibility index (Phi) is 7.51. The van der Waals surface area contributed by atoms with E-state index in [-0.39, 0.29) is 0 Å². The van der Waals surface area contributed by atoms with Gasteiger partial charge in [-0.25, -0.2) is 0 Å². The minimum atomic E-state index is 0.431. The van der Waals surface area contributed by atoms with Crippen LogP contribution in [0.25, 0.3) is 0 Å². The zero-order valence-corrected chi connectivity index (χ0v) is 8.97. The Hall–Kier alpha value is -0.0800. The van der Waals surface area contributed by atoms with Gasteiger partial charge in [0.15, 0.2) is 0 Å². The molecule has 0 fully saturated rings. The van der Waals surface area contributed by atoms with Crippen LogP contribution in [0.1, 0.15) is 33.6 Å². The van der Waals surface area contributed by atoms with E-state index in [1.807, 2.05) is 0 Å². The molecule has 0 aromatic rings. The van der Waals surface area contributed by atoms with Crippen LogP contribution in [0.5, 0.6) is 0 Å². The normalized spacial score (nSPS) is 13.8. The molecule has 0 bridgehead atoms. The number of nitrogens with zero attached hydrogens (tertiary/aromatic N) is 1.